The van der Waals surface area contributed by atoms with Crippen molar-refractivity contribution < 1.29 is 24.3 Å². The second kappa shape index (κ2) is 9.09. The standard InChI is InChI=1S/C18H22N4O6/c1-10(2)9-13(19)17(23)21-11(3)18(24)28-27-15-7-6-14(22(25)26)12-5-4-8-20-16(12)15/h4-8,10-11,13H,9,19H2,1-3H3,(H,21,23). The summed E-state index contributed by atoms with van der Waals surface area (Å²) in [5, 5.41) is 13.8. The maximum absolute atomic E-state index is 12.1. The summed E-state index contributed by atoms with van der Waals surface area (Å²) in [4.78, 5) is 48.4. The van der Waals surface area contributed by atoms with E-state index in [1.807, 2.05) is 13.8 Å². The van der Waals surface area contributed by atoms with Crippen molar-refractivity contribution in [2.24, 2.45) is 11.7 Å². The second-order valence-corrected chi connectivity index (χ2v) is 6.69. The molecule has 1 amide bonds. The third-order valence-corrected chi connectivity index (χ3v) is 3.89. The molecule has 2 atom stereocenters. The molecular weight excluding hydrogens is 368 g/mol. The zero-order valence-electron chi connectivity index (χ0n) is 15.7. The van der Waals surface area contributed by atoms with Crippen LogP contribution in [0.15, 0.2) is 30.5 Å². The number of amides is 1. The number of carbonyl (C=O) groups excluding carboxylic acids is 2. The fraction of sp³-hybridized carbons (Fsp3) is 0.389. The molecule has 0 saturated heterocycles. The minimum absolute atomic E-state index is 0.0320. The van der Waals surface area contributed by atoms with Crippen molar-refractivity contribution in [3.63, 3.8) is 0 Å². The lowest BCUT2D eigenvalue weighted by Gasteiger charge is -2.17. The number of pyridine rings is 1. The molecule has 2 aromatic rings. The molecule has 0 radical (unpaired) electrons. The van der Waals surface area contributed by atoms with E-state index >= 15 is 0 Å². The van der Waals surface area contributed by atoms with Gasteiger partial charge in [-0.05, 0) is 37.5 Å². The molecule has 0 saturated carbocycles. The van der Waals surface area contributed by atoms with Gasteiger partial charge < -0.3 is 11.1 Å². The van der Waals surface area contributed by atoms with Crippen LogP contribution >= 0.6 is 0 Å². The van der Waals surface area contributed by atoms with Crippen molar-refractivity contribution in [2.75, 3.05) is 0 Å². The third kappa shape index (κ3) is 5.13. The van der Waals surface area contributed by atoms with Gasteiger partial charge in [0.05, 0.1) is 16.4 Å². The summed E-state index contributed by atoms with van der Waals surface area (Å²) in [6.45, 7) is 5.29. The summed E-state index contributed by atoms with van der Waals surface area (Å²) in [5.74, 6) is -1.06. The van der Waals surface area contributed by atoms with Crippen molar-refractivity contribution in [3.05, 3.63) is 40.6 Å². The maximum atomic E-state index is 12.1. The summed E-state index contributed by atoms with van der Waals surface area (Å²) >= 11 is 0. The average Bonchev–Trinajstić information content (AvgIpc) is 2.64. The predicted octanol–water partition coefficient (Wildman–Crippen LogP) is 1.86. The molecule has 1 aromatic heterocycles. The van der Waals surface area contributed by atoms with Crippen LogP contribution in [0, 0.1) is 16.0 Å². The topological polar surface area (TPSA) is 147 Å². The van der Waals surface area contributed by atoms with Crippen LogP contribution in [0.25, 0.3) is 10.9 Å². The van der Waals surface area contributed by atoms with Gasteiger partial charge in [-0.3, -0.25) is 24.8 Å². The molecule has 10 heteroatoms. The number of non-ortho nitro benzene ring substituents is 1. The van der Waals surface area contributed by atoms with Crippen LogP contribution in [0.5, 0.6) is 5.75 Å². The lowest BCUT2D eigenvalue weighted by molar-refractivity contribution is -0.383. The maximum Gasteiger partial charge on any atom is 0.377 e. The van der Waals surface area contributed by atoms with Gasteiger partial charge in [0, 0.05) is 12.3 Å². The van der Waals surface area contributed by atoms with Crippen molar-refractivity contribution in [1.29, 1.82) is 0 Å². The molecule has 1 heterocycles. The van der Waals surface area contributed by atoms with Gasteiger partial charge in [-0.1, -0.05) is 13.8 Å². The highest BCUT2D eigenvalue weighted by Crippen LogP contribution is 2.31. The van der Waals surface area contributed by atoms with Crippen LogP contribution in [0.4, 0.5) is 5.69 Å². The van der Waals surface area contributed by atoms with Crippen molar-refractivity contribution >= 4 is 28.5 Å². The Kier molecular flexibility index (Phi) is 6.83. The molecule has 0 bridgehead atoms. The minimum atomic E-state index is -0.997. The Labute approximate surface area is 161 Å². The van der Waals surface area contributed by atoms with E-state index in [4.69, 9.17) is 15.5 Å². The van der Waals surface area contributed by atoms with Crippen LogP contribution in [0.1, 0.15) is 27.2 Å². The Balaban J connectivity index is 2.04. The number of nitrogens with zero attached hydrogens (tertiary/aromatic N) is 2. The Morgan fingerprint density at radius 2 is 2.00 bits per heavy atom. The third-order valence-electron chi connectivity index (χ3n) is 3.89. The van der Waals surface area contributed by atoms with E-state index in [1.54, 1.807) is 6.07 Å². The van der Waals surface area contributed by atoms with E-state index in [0.29, 0.717) is 6.42 Å². The molecule has 0 aliphatic rings. The quantitative estimate of drug-likeness (QED) is 0.394. The first-order chi connectivity index (χ1) is 13.2. The van der Waals surface area contributed by atoms with E-state index in [0.717, 1.165) is 0 Å². The number of nitro groups is 1. The summed E-state index contributed by atoms with van der Waals surface area (Å²) < 4.78 is 0. The molecule has 28 heavy (non-hydrogen) atoms. The highest BCUT2D eigenvalue weighted by atomic mass is 17.2. The lowest BCUT2D eigenvalue weighted by Crippen LogP contribution is -2.48. The number of rotatable bonds is 8. The molecule has 1 aromatic carbocycles. The molecule has 0 aliphatic heterocycles. The fourth-order valence-electron chi connectivity index (χ4n) is 2.51. The number of nitrogens with one attached hydrogen (secondary N) is 1. The number of carbonyl (C=O) groups is 2. The van der Waals surface area contributed by atoms with Gasteiger partial charge in [0.15, 0.2) is 0 Å². The average molecular weight is 390 g/mol. The smallest absolute Gasteiger partial charge is 0.341 e. The van der Waals surface area contributed by atoms with Gasteiger partial charge >= 0.3 is 5.97 Å². The van der Waals surface area contributed by atoms with Crippen LogP contribution in [-0.2, 0) is 14.5 Å². The van der Waals surface area contributed by atoms with Crippen molar-refractivity contribution in [2.45, 2.75) is 39.3 Å². The Morgan fingerprint density at radius 1 is 1.29 bits per heavy atom. The Hall–Kier alpha value is -3.27. The molecule has 150 valence electrons. The number of nitrogens with two attached hydrogens (primary N) is 1. The first-order valence-corrected chi connectivity index (χ1v) is 8.67. The summed E-state index contributed by atoms with van der Waals surface area (Å²) in [5.41, 5.74) is 5.79. The highest BCUT2D eigenvalue weighted by Gasteiger charge is 2.24. The number of aromatic nitrogens is 1. The molecule has 0 fully saturated rings. The molecular formula is C18H22N4O6. The monoisotopic (exact) mass is 390 g/mol. The van der Waals surface area contributed by atoms with Gasteiger partial charge in [-0.2, -0.15) is 0 Å². The first-order valence-electron chi connectivity index (χ1n) is 8.67. The number of hydrogen-bond donors (Lipinski definition) is 2. The normalized spacial score (nSPS) is 13.0. The van der Waals surface area contributed by atoms with Crippen molar-refractivity contribution in [3.8, 4) is 5.75 Å². The molecule has 2 rings (SSSR count). The minimum Gasteiger partial charge on any atom is -0.341 e. The van der Waals surface area contributed by atoms with Crippen molar-refractivity contribution in [1.82, 2.24) is 10.3 Å². The number of nitro benzene ring substituents is 1. The van der Waals surface area contributed by atoms with Crippen LogP contribution in [0.2, 0.25) is 0 Å². The molecule has 0 spiro atoms. The number of fused-ring (bicyclic) bond motifs is 1. The molecule has 10 nitrogen and oxygen atoms in total. The Bertz CT molecular complexity index is 886. The van der Waals surface area contributed by atoms with Gasteiger partial charge in [-0.15, -0.1) is 0 Å². The second-order valence-electron chi connectivity index (χ2n) is 6.69. The summed E-state index contributed by atoms with van der Waals surface area (Å²) in [6, 6.07) is 3.82. The van der Waals surface area contributed by atoms with E-state index in [1.165, 1.54) is 31.3 Å². The summed E-state index contributed by atoms with van der Waals surface area (Å²) in [7, 11) is 0. The van der Waals surface area contributed by atoms with E-state index in [2.05, 4.69) is 10.3 Å². The van der Waals surface area contributed by atoms with Gasteiger partial charge in [0.25, 0.3) is 5.69 Å². The van der Waals surface area contributed by atoms with Gasteiger partial charge in [0.2, 0.25) is 11.7 Å². The van der Waals surface area contributed by atoms with Crippen LogP contribution in [0.3, 0.4) is 0 Å². The molecule has 2 unspecified atom stereocenters. The Morgan fingerprint density at radius 3 is 2.64 bits per heavy atom. The van der Waals surface area contributed by atoms with E-state index < -0.39 is 28.9 Å². The number of benzene rings is 1. The SMILES string of the molecule is CC(C)CC(N)C(=O)NC(C)C(=O)OOc1ccc([N+](=O)[O-])c2cccnc12. The zero-order chi connectivity index (χ0) is 20.8. The highest BCUT2D eigenvalue weighted by molar-refractivity contribution is 5.92. The van der Waals surface area contributed by atoms with E-state index in [-0.39, 0.29) is 28.3 Å². The molecule has 0 aliphatic carbocycles. The largest absolute Gasteiger partial charge is 0.377 e. The van der Waals surface area contributed by atoms with Crippen LogP contribution < -0.4 is 15.9 Å². The zero-order valence-corrected chi connectivity index (χ0v) is 15.7. The summed E-state index contributed by atoms with van der Waals surface area (Å²) in [6.07, 6.45) is 1.91. The van der Waals surface area contributed by atoms with Crippen LogP contribution in [-0.4, -0.2) is 33.9 Å². The number of hydrogen-bond acceptors (Lipinski definition) is 8. The first kappa shape index (κ1) is 21.0. The predicted molar refractivity (Wildman–Crippen MR) is 100 cm³/mol. The van der Waals surface area contributed by atoms with E-state index in [9.17, 15) is 19.7 Å². The fourth-order valence-corrected chi connectivity index (χ4v) is 2.51. The molecule has 3 N–H and O–H groups in total. The van der Waals surface area contributed by atoms with Gasteiger partial charge in [-0.25, -0.2) is 9.68 Å². The van der Waals surface area contributed by atoms with Gasteiger partial charge in [0.1, 0.15) is 11.6 Å². The lowest BCUT2D eigenvalue weighted by atomic mass is 10.0.